The molecule has 4 nitrogen and oxygen atoms in total. The van der Waals surface area contributed by atoms with Gasteiger partial charge in [0.2, 0.25) is 5.78 Å². The molecule has 0 bridgehead atoms. The Hall–Kier alpha value is -2.62. The zero-order valence-electron chi connectivity index (χ0n) is 15.1. The van der Waals surface area contributed by atoms with Crippen molar-refractivity contribution < 1.29 is 14.3 Å². The Morgan fingerprint density at radius 1 is 1.16 bits per heavy atom. The van der Waals surface area contributed by atoms with Crippen molar-refractivity contribution in [3.05, 3.63) is 64.7 Å². The minimum absolute atomic E-state index is 0.178. The van der Waals surface area contributed by atoms with Crippen LogP contribution >= 0.6 is 0 Å². The Kier molecular flexibility index (Phi) is 4.62. The molecule has 0 spiro atoms. The smallest absolute Gasteiger partial charge is 0.259 e. The van der Waals surface area contributed by atoms with E-state index in [1.807, 2.05) is 32.0 Å². The van der Waals surface area contributed by atoms with Crippen LogP contribution in [-0.4, -0.2) is 23.8 Å². The van der Waals surface area contributed by atoms with Gasteiger partial charge in [-0.1, -0.05) is 30.3 Å². The number of hydrogen-bond acceptors (Lipinski definition) is 4. The average Bonchev–Trinajstić information content (AvgIpc) is 2.94. The van der Waals surface area contributed by atoms with Gasteiger partial charge in [-0.2, -0.15) is 0 Å². The molecular weight excluding hydrogens is 314 g/mol. The molecular formula is C21H23NO3. The van der Waals surface area contributed by atoms with Crippen LogP contribution in [0.15, 0.2) is 47.5 Å². The molecule has 25 heavy (non-hydrogen) atoms. The number of rotatable bonds is 5. The third-order valence-electron chi connectivity index (χ3n) is 4.28. The Labute approximate surface area is 148 Å². The average molecular weight is 337 g/mol. The van der Waals surface area contributed by atoms with E-state index in [-0.39, 0.29) is 17.2 Å². The number of nitrogens with zero attached hydrogens (tertiary/aromatic N) is 1. The molecule has 0 N–H and O–H groups in total. The number of hydrogen-bond donors (Lipinski definition) is 0. The minimum Gasteiger partial charge on any atom is -0.489 e. The molecule has 2 aromatic rings. The lowest BCUT2D eigenvalue weighted by Gasteiger charge is -2.12. The van der Waals surface area contributed by atoms with E-state index in [4.69, 9.17) is 9.47 Å². The summed E-state index contributed by atoms with van der Waals surface area (Å²) in [6.45, 7) is 8.93. The fourth-order valence-corrected chi connectivity index (χ4v) is 2.78. The van der Waals surface area contributed by atoms with Gasteiger partial charge >= 0.3 is 0 Å². The first-order valence-electron chi connectivity index (χ1n) is 8.41. The van der Waals surface area contributed by atoms with Gasteiger partial charge in [0.25, 0.3) is 5.90 Å². The topological polar surface area (TPSA) is 47.9 Å². The maximum absolute atomic E-state index is 12.6. The summed E-state index contributed by atoms with van der Waals surface area (Å²) in [5.41, 5.74) is 3.74. The highest BCUT2D eigenvalue weighted by Gasteiger charge is 2.30. The Morgan fingerprint density at radius 3 is 2.48 bits per heavy atom. The van der Waals surface area contributed by atoms with Crippen molar-refractivity contribution in [1.29, 1.82) is 0 Å². The van der Waals surface area contributed by atoms with Crippen molar-refractivity contribution in [2.24, 2.45) is 4.99 Å². The van der Waals surface area contributed by atoms with Gasteiger partial charge in [-0.05, 0) is 56.5 Å². The Bertz CT molecular complexity index is 817. The fraction of sp³-hybridized carbons (Fsp3) is 0.333. The number of aliphatic imine (C=N–C) groups is 1. The van der Waals surface area contributed by atoms with Gasteiger partial charge in [0.15, 0.2) is 0 Å². The van der Waals surface area contributed by atoms with Crippen LogP contribution in [-0.2, 0) is 11.3 Å². The van der Waals surface area contributed by atoms with E-state index in [1.165, 1.54) is 16.7 Å². The number of carbonyl (C=O) groups excluding carboxylic acids is 1. The summed E-state index contributed by atoms with van der Waals surface area (Å²) >= 11 is 0. The molecule has 2 aromatic carbocycles. The lowest BCUT2D eigenvalue weighted by molar-refractivity contribution is 0.103. The molecule has 1 heterocycles. The zero-order valence-corrected chi connectivity index (χ0v) is 15.1. The predicted octanol–water partition coefficient (Wildman–Crippen LogP) is 4.27. The highest BCUT2D eigenvalue weighted by Crippen LogP contribution is 2.22. The standard InChI is InChI=1S/C21H23NO3/c1-14-7-5-8-15(2)18(14)12-24-17-10-6-9-16(11-17)19(23)20-22-21(3,4)13-25-20/h5-11H,12-13H2,1-4H3. The first kappa shape index (κ1) is 17.2. The molecule has 130 valence electrons. The highest BCUT2D eigenvalue weighted by atomic mass is 16.5. The molecule has 4 heteroatoms. The van der Waals surface area contributed by atoms with Crippen LogP contribution < -0.4 is 4.74 Å². The molecule has 3 rings (SSSR count). The van der Waals surface area contributed by atoms with Crippen LogP contribution in [0, 0.1) is 13.8 Å². The fourth-order valence-electron chi connectivity index (χ4n) is 2.78. The van der Waals surface area contributed by atoms with Crippen molar-refractivity contribution in [2.75, 3.05) is 6.61 Å². The maximum Gasteiger partial charge on any atom is 0.259 e. The molecule has 1 aliphatic rings. The number of benzene rings is 2. The Balaban J connectivity index is 1.75. The van der Waals surface area contributed by atoms with Crippen molar-refractivity contribution in [1.82, 2.24) is 0 Å². The summed E-state index contributed by atoms with van der Waals surface area (Å²) in [4.78, 5) is 16.9. The zero-order chi connectivity index (χ0) is 18.0. The molecule has 0 amide bonds. The number of ketones is 1. The summed E-state index contributed by atoms with van der Waals surface area (Å²) in [7, 11) is 0. The van der Waals surface area contributed by atoms with Crippen molar-refractivity contribution in [3.63, 3.8) is 0 Å². The quantitative estimate of drug-likeness (QED) is 0.766. The van der Waals surface area contributed by atoms with Crippen molar-refractivity contribution in [2.45, 2.75) is 39.8 Å². The van der Waals surface area contributed by atoms with Gasteiger partial charge in [-0.3, -0.25) is 4.79 Å². The van der Waals surface area contributed by atoms with Gasteiger partial charge in [0.1, 0.15) is 19.0 Å². The van der Waals surface area contributed by atoms with Crippen LogP contribution in [0.25, 0.3) is 0 Å². The molecule has 0 radical (unpaired) electrons. The van der Waals surface area contributed by atoms with Crippen LogP contribution in [0.5, 0.6) is 5.75 Å². The summed E-state index contributed by atoms with van der Waals surface area (Å²) in [6, 6.07) is 13.3. The largest absolute Gasteiger partial charge is 0.489 e. The molecule has 0 unspecified atom stereocenters. The van der Waals surface area contributed by atoms with E-state index in [1.54, 1.807) is 12.1 Å². The summed E-state index contributed by atoms with van der Waals surface area (Å²) in [5.74, 6) is 0.631. The Morgan fingerprint density at radius 2 is 1.84 bits per heavy atom. The number of ether oxygens (including phenoxy) is 2. The van der Waals surface area contributed by atoms with Crippen molar-refractivity contribution >= 4 is 11.7 Å². The van der Waals surface area contributed by atoms with Crippen LogP contribution in [0.4, 0.5) is 0 Å². The van der Waals surface area contributed by atoms with Crippen LogP contribution in [0.2, 0.25) is 0 Å². The lowest BCUT2D eigenvalue weighted by Crippen LogP contribution is -2.17. The van der Waals surface area contributed by atoms with E-state index >= 15 is 0 Å². The van der Waals surface area contributed by atoms with Gasteiger partial charge in [-0.25, -0.2) is 4.99 Å². The first-order chi connectivity index (χ1) is 11.9. The van der Waals surface area contributed by atoms with Crippen molar-refractivity contribution in [3.8, 4) is 5.75 Å². The predicted molar refractivity (Wildman–Crippen MR) is 98.5 cm³/mol. The van der Waals surface area contributed by atoms with E-state index in [9.17, 15) is 4.79 Å². The molecule has 0 aromatic heterocycles. The number of Topliss-reactive ketones (excluding diaryl/α,β-unsaturated/α-hetero) is 1. The maximum atomic E-state index is 12.6. The summed E-state index contributed by atoms with van der Waals surface area (Å²) in [5, 5.41) is 0. The highest BCUT2D eigenvalue weighted by molar-refractivity contribution is 6.43. The molecule has 0 saturated heterocycles. The summed E-state index contributed by atoms with van der Waals surface area (Å²) < 4.78 is 11.4. The monoisotopic (exact) mass is 337 g/mol. The van der Waals surface area contributed by atoms with E-state index in [0.29, 0.717) is 24.5 Å². The lowest BCUT2D eigenvalue weighted by atomic mass is 10.0. The summed E-state index contributed by atoms with van der Waals surface area (Å²) in [6.07, 6.45) is 0. The van der Waals surface area contributed by atoms with E-state index in [0.717, 1.165) is 0 Å². The second-order valence-electron chi connectivity index (χ2n) is 7.03. The molecule has 0 saturated carbocycles. The first-order valence-corrected chi connectivity index (χ1v) is 8.41. The normalized spacial score (nSPS) is 15.4. The van der Waals surface area contributed by atoms with E-state index < -0.39 is 0 Å². The van der Waals surface area contributed by atoms with Gasteiger partial charge in [0, 0.05) is 5.56 Å². The molecule has 0 fully saturated rings. The molecule has 0 aliphatic carbocycles. The van der Waals surface area contributed by atoms with Crippen LogP contribution in [0.1, 0.15) is 40.9 Å². The second kappa shape index (κ2) is 6.71. The minimum atomic E-state index is -0.346. The second-order valence-corrected chi connectivity index (χ2v) is 7.03. The third-order valence-corrected chi connectivity index (χ3v) is 4.28. The molecule has 0 atom stereocenters. The van der Waals surface area contributed by atoms with Crippen LogP contribution in [0.3, 0.4) is 0 Å². The van der Waals surface area contributed by atoms with E-state index in [2.05, 4.69) is 31.0 Å². The number of carbonyl (C=O) groups is 1. The third kappa shape index (κ3) is 3.90. The molecule has 1 aliphatic heterocycles. The van der Waals surface area contributed by atoms with Gasteiger partial charge in [0.05, 0.1) is 5.54 Å². The SMILES string of the molecule is Cc1cccc(C)c1COc1cccc(C(=O)C2=NC(C)(C)CO2)c1. The van der Waals surface area contributed by atoms with Gasteiger partial charge in [-0.15, -0.1) is 0 Å². The number of aryl methyl sites for hydroxylation is 2. The van der Waals surface area contributed by atoms with Gasteiger partial charge < -0.3 is 9.47 Å².